The number of thioether (sulfide) groups is 1. The number of carbonyl (C=O) groups excluding carboxylic acids is 2. The van der Waals surface area contributed by atoms with Crippen LogP contribution in [-0.2, 0) is 18.4 Å². The lowest BCUT2D eigenvalue weighted by Crippen LogP contribution is -2.38. The van der Waals surface area contributed by atoms with E-state index in [-0.39, 0.29) is 10.9 Å². The summed E-state index contributed by atoms with van der Waals surface area (Å²) in [6, 6.07) is 0.858. The van der Waals surface area contributed by atoms with E-state index in [9.17, 15) is 9.59 Å². The Morgan fingerprint density at radius 2 is 1.68 bits per heavy atom. The third kappa shape index (κ3) is 8.57. The minimum absolute atomic E-state index is 0.262. The van der Waals surface area contributed by atoms with E-state index in [1.54, 1.807) is 0 Å². The van der Waals surface area contributed by atoms with Gasteiger partial charge in [0, 0.05) is 25.4 Å². The van der Waals surface area contributed by atoms with Crippen LogP contribution in [0.25, 0.3) is 0 Å². The number of rotatable bonds is 11. The molecular weight excluding hydrogens is 280 g/mol. The molecule has 0 atom stereocenters. The van der Waals surface area contributed by atoms with Gasteiger partial charge in [-0.05, 0) is 39.3 Å². The van der Waals surface area contributed by atoms with Crippen LogP contribution in [0.15, 0.2) is 0 Å². The van der Waals surface area contributed by atoms with Crippen LogP contribution in [0.5, 0.6) is 0 Å². The third-order valence-electron chi connectivity index (χ3n) is 2.61. The summed E-state index contributed by atoms with van der Waals surface area (Å²) >= 11 is 1.12. The van der Waals surface area contributed by atoms with Crippen LogP contribution in [0.1, 0.15) is 40.0 Å². The van der Waals surface area contributed by atoms with Crippen molar-refractivity contribution in [1.82, 2.24) is 0 Å². The lowest BCUT2D eigenvalue weighted by atomic mass is 10.2. The Hall–Kier alpha value is -0.173. The molecule has 0 saturated carbocycles. The van der Waals surface area contributed by atoms with E-state index in [0.717, 1.165) is 30.6 Å². The first-order valence-corrected chi connectivity index (χ1v) is 10.5. The Balaban J connectivity index is 3.94. The van der Waals surface area contributed by atoms with Gasteiger partial charge in [-0.25, -0.2) is 0 Å². The highest BCUT2D eigenvalue weighted by Crippen LogP contribution is 2.18. The fraction of sp³-hybridized carbons (Fsp3) is 0.846. The topological polar surface area (TPSA) is 52.6 Å². The summed E-state index contributed by atoms with van der Waals surface area (Å²) < 4.78 is 11.4. The van der Waals surface area contributed by atoms with E-state index < -0.39 is 8.56 Å². The molecule has 4 nitrogen and oxygen atoms in total. The van der Waals surface area contributed by atoms with Gasteiger partial charge in [0.25, 0.3) is 5.12 Å². The molecule has 112 valence electrons. The monoisotopic (exact) mass is 306 g/mol. The quantitative estimate of drug-likeness (QED) is 0.333. The fourth-order valence-corrected chi connectivity index (χ4v) is 5.17. The standard InChI is InChI=1S/C13H26O4SSi/c1-5-9-12(14)13(15)18-10-8-11-19(4,16-6-2)17-7-3/h5-11H2,1-4H3. The largest absolute Gasteiger partial charge is 0.395 e. The van der Waals surface area contributed by atoms with Crippen molar-refractivity contribution in [2.75, 3.05) is 19.0 Å². The van der Waals surface area contributed by atoms with Crippen LogP contribution >= 0.6 is 11.8 Å². The Morgan fingerprint density at radius 3 is 2.16 bits per heavy atom. The molecule has 0 fully saturated rings. The van der Waals surface area contributed by atoms with Crippen molar-refractivity contribution in [1.29, 1.82) is 0 Å². The maximum Gasteiger partial charge on any atom is 0.334 e. The predicted molar refractivity (Wildman–Crippen MR) is 81.7 cm³/mol. The molecule has 0 rings (SSSR count). The number of ketones is 1. The second-order valence-corrected chi connectivity index (χ2v) is 8.83. The molecule has 0 bridgehead atoms. The Bertz CT molecular complexity index is 278. The molecule has 0 aromatic heterocycles. The minimum atomic E-state index is -2.07. The molecule has 0 saturated heterocycles. The van der Waals surface area contributed by atoms with Crippen LogP contribution in [0, 0.1) is 0 Å². The van der Waals surface area contributed by atoms with Crippen LogP contribution in [0.3, 0.4) is 0 Å². The molecule has 0 radical (unpaired) electrons. The highest BCUT2D eigenvalue weighted by molar-refractivity contribution is 8.15. The van der Waals surface area contributed by atoms with E-state index >= 15 is 0 Å². The van der Waals surface area contributed by atoms with Crippen LogP contribution < -0.4 is 0 Å². The Morgan fingerprint density at radius 1 is 1.11 bits per heavy atom. The maximum absolute atomic E-state index is 11.5. The van der Waals surface area contributed by atoms with Crippen molar-refractivity contribution >= 4 is 31.2 Å². The van der Waals surface area contributed by atoms with E-state index in [1.807, 2.05) is 20.8 Å². The summed E-state index contributed by atoms with van der Waals surface area (Å²) in [5.74, 6) is 0.402. The van der Waals surface area contributed by atoms with Gasteiger partial charge in [0.2, 0.25) is 5.78 Å². The molecule has 0 aliphatic rings. The molecule has 0 amide bonds. The van der Waals surface area contributed by atoms with Gasteiger partial charge < -0.3 is 8.85 Å². The molecule has 0 N–H and O–H groups in total. The van der Waals surface area contributed by atoms with Crippen LogP contribution in [0.2, 0.25) is 12.6 Å². The van der Waals surface area contributed by atoms with Gasteiger partial charge in [0.15, 0.2) is 0 Å². The number of Topliss-reactive ketones (excluding diaryl/α,β-unsaturated/α-hetero) is 1. The fourth-order valence-electron chi connectivity index (χ4n) is 1.76. The molecular formula is C13H26O4SSi. The van der Waals surface area contributed by atoms with Gasteiger partial charge >= 0.3 is 8.56 Å². The smallest absolute Gasteiger partial charge is 0.334 e. The lowest BCUT2D eigenvalue weighted by Gasteiger charge is -2.25. The second kappa shape index (κ2) is 10.6. The van der Waals surface area contributed by atoms with Crippen LogP contribution in [-0.4, -0.2) is 38.4 Å². The van der Waals surface area contributed by atoms with Gasteiger partial charge in [-0.15, -0.1) is 0 Å². The van der Waals surface area contributed by atoms with Crippen molar-refractivity contribution < 1.29 is 18.4 Å². The summed E-state index contributed by atoms with van der Waals surface area (Å²) in [5, 5.41) is -0.307. The average molecular weight is 307 g/mol. The lowest BCUT2D eigenvalue weighted by molar-refractivity contribution is -0.131. The summed E-state index contributed by atoms with van der Waals surface area (Å²) in [6.45, 7) is 9.19. The van der Waals surface area contributed by atoms with Crippen molar-refractivity contribution in [3.05, 3.63) is 0 Å². The van der Waals surface area contributed by atoms with E-state index in [1.165, 1.54) is 0 Å². The van der Waals surface area contributed by atoms with E-state index in [4.69, 9.17) is 8.85 Å². The highest BCUT2D eigenvalue weighted by Gasteiger charge is 2.30. The zero-order chi connectivity index (χ0) is 14.7. The molecule has 0 aliphatic carbocycles. The first-order valence-electron chi connectivity index (χ1n) is 6.97. The second-order valence-electron chi connectivity index (χ2n) is 4.41. The molecule has 0 unspecified atom stereocenters. The first-order chi connectivity index (χ1) is 8.99. The summed E-state index contributed by atoms with van der Waals surface area (Å²) in [6.07, 6.45) is 1.93. The van der Waals surface area contributed by atoms with Gasteiger partial charge in [-0.3, -0.25) is 9.59 Å². The van der Waals surface area contributed by atoms with Gasteiger partial charge in [0.05, 0.1) is 0 Å². The number of hydrogen-bond acceptors (Lipinski definition) is 5. The first kappa shape index (κ1) is 18.8. The number of carbonyl (C=O) groups is 2. The van der Waals surface area contributed by atoms with Crippen molar-refractivity contribution in [3.63, 3.8) is 0 Å². The molecule has 0 heterocycles. The van der Waals surface area contributed by atoms with Crippen molar-refractivity contribution in [2.24, 2.45) is 0 Å². The normalized spacial score (nSPS) is 11.6. The predicted octanol–water partition coefficient (Wildman–Crippen LogP) is 3.15. The molecule has 0 spiro atoms. The van der Waals surface area contributed by atoms with Gasteiger partial charge in [-0.1, -0.05) is 18.7 Å². The summed E-state index contributed by atoms with van der Waals surface area (Å²) in [4.78, 5) is 22.8. The maximum atomic E-state index is 11.5. The van der Waals surface area contributed by atoms with E-state index in [0.29, 0.717) is 25.4 Å². The van der Waals surface area contributed by atoms with Crippen molar-refractivity contribution in [3.8, 4) is 0 Å². The molecule has 6 heteroatoms. The third-order valence-corrected chi connectivity index (χ3v) is 6.66. The Kier molecular flexibility index (Phi) is 10.5. The average Bonchev–Trinajstić information content (AvgIpc) is 2.35. The zero-order valence-corrected chi connectivity index (χ0v) is 14.3. The minimum Gasteiger partial charge on any atom is -0.395 e. The molecule has 0 aromatic rings. The molecule has 0 aliphatic heterocycles. The molecule has 19 heavy (non-hydrogen) atoms. The van der Waals surface area contributed by atoms with E-state index in [2.05, 4.69) is 6.55 Å². The summed E-state index contributed by atoms with van der Waals surface area (Å²) in [5.41, 5.74) is 0. The highest BCUT2D eigenvalue weighted by atomic mass is 32.2. The SMILES string of the molecule is CCCC(=O)C(=O)SCCC[Si](C)(OCC)OCC. The number of hydrogen-bond donors (Lipinski definition) is 0. The van der Waals surface area contributed by atoms with Crippen LogP contribution in [0.4, 0.5) is 0 Å². The van der Waals surface area contributed by atoms with Gasteiger partial charge in [0.1, 0.15) is 0 Å². The summed E-state index contributed by atoms with van der Waals surface area (Å²) in [7, 11) is -2.07. The molecule has 0 aromatic carbocycles. The Labute approximate surface area is 121 Å². The van der Waals surface area contributed by atoms with Crippen molar-refractivity contribution in [2.45, 2.75) is 52.6 Å². The van der Waals surface area contributed by atoms with Gasteiger partial charge in [-0.2, -0.15) is 0 Å². The zero-order valence-electron chi connectivity index (χ0n) is 12.5.